The maximum Gasteiger partial charge on any atom is 0.273 e. The molecule has 23 heavy (non-hydrogen) atoms. The number of nitrogens with zero attached hydrogens (tertiary/aromatic N) is 4. The number of carbonyl (C=O) groups excluding carboxylic acids is 1. The first-order valence-electron chi connectivity index (χ1n) is 7.08. The molecule has 2 N–H and O–H groups in total. The van der Waals surface area contributed by atoms with E-state index in [0.29, 0.717) is 18.8 Å². The molecule has 0 aliphatic carbocycles. The minimum atomic E-state index is -0.208. The van der Waals surface area contributed by atoms with Gasteiger partial charge in [0.25, 0.3) is 5.91 Å². The van der Waals surface area contributed by atoms with E-state index in [1.165, 1.54) is 0 Å². The fourth-order valence-electron chi connectivity index (χ4n) is 1.79. The molecule has 128 valence electrons. The van der Waals surface area contributed by atoms with Crippen LogP contribution in [0.15, 0.2) is 30.6 Å². The average Bonchev–Trinajstić information content (AvgIpc) is 2.96. The summed E-state index contributed by atoms with van der Waals surface area (Å²) in [4.78, 5) is 16.1. The van der Waals surface area contributed by atoms with Gasteiger partial charge in [-0.15, -0.1) is 29.9 Å². The lowest BCUT2D eigenvalue weighted by Crippen LogP contribution is -2.32. The molecule has 0 fully saturated rings. The smallest absolute Gasteiger partial charge is 0.273 e. The maximum atomic E-state index is 11.9. The number of nitrogens with one attached hydrogen (secondary N) is 2. The van der Waals surface area contributed by atoms with Crippen molar-refractivity contribution in [2.45, 2.75) is 19.9 Å². The lowest BCUT2D eigenvalue weighted by atomic mass is 10.3. The molecule has 9 heteroatoms. The molecule has 0 bridgehead atoms. The second kappa shape index (κ2) is 11.8. The Morgan fingerprint density at radius 2 is 2.04 bits per heavy atom. The van der Waals surface area contributed by atoms with Crippen molar-refractivity contribution in [3.05, 3.63) is 42.0 Å². The first-order valence-corrected chi connectivity index (χ1v) is 7.08. The Morgan fingerprint density at radius 3 is 2.74 bits per heavy atom. The Labute approximate surface area is 148 Å². The number of rotatable bonds is 8. The Balaban J connectivity index is 0.00000242. The molecule has 0 aliphatic rings. The molecular weight excluding hydrogens is 339 g/mol. The number of aromatic nitrogens is 4. The van der Waals surface area contributed by atoms with Crippen LogP contribution in [-0.2, 0) is 6.54 Å². The van der Waals surface area contributed by atoms with E-state index in [-0.39, 0.29) is 30.7 Å². The van der Waals surface area contributed by atoms with E-state index in [1.807, 2.05) is 18.2 Å². The van der Waals surface area contributed by atoms with E-state index in [0.717, 1.165) is 25.2 Å². The van der Waals surface area contributed by atoms with Gasteiger partial charge in [-0.25, -0.2) is 4.68 Å². The molecule has 1 amide bonds. The van der Waals surface area contributed by atoms with Crippen LogP contribution >= 0.6 is 24.8 Å². The van der Waals surface area contributed by atoms with Crippen molar-refractivity contribution < 1.29 is 4.79 Å². The summed E-state index contributed by atoms with van der Waals surface area (Å²) in [6.45, 7) is 4.88. The zero-order chi connectivity index (χ0) is 14.9. The largest absolute Gasteiger partial charge is 0.349 e. The van der Waals surface area contributed by atoms with Crippen molar-refractivity contribution in [2.75, 3.05) is 19.6 Å². The van der Waals surface area contributed by atoms with Crippen LogP contribution in [0.5, 0.6) is 0 Å². The number of amides is 1. The van der Waals surface area contributed by atoms with E-state index < -0.39 is 0 Å². The summed E-state index contributed by atoms with van der Waals surface area (Å²) in [5, 5.41) is 13.8. The van der Waals surface area contributed by atoms with E-state index >= 15 is 0 Å². The zero-order valence-corrected chi connectivity index (χ0v) is 14.6. The van der Waals surface area contributed by atoms with Crippen LogP contribution in [0.25, 0.3) is 0 Å². The fourth-order valence-corrected chi connectivity index (χ4v) is 1.79. The first kappa shape index (κ1) is 21.3. The molecule has 0 saturated heterocycles. The third kappa shape index (κ3) is 7.40. The summed E-state index contributed by atoms with van der Waals surface area (Å²) >= 11 is 0. The lowest BCUT2D eigenvalue weighted by Gasteiger charge is -2.03. The van der Waals surface area contributed by atoms with E-state index in [2.05, 4.69) is 32.9 Å². The van der Waals surface area contributed by atoms with Gasteiger partial charge in [0.05, 0.1) is 18.4 Å². The van der Waals surface area contributed by atoms with Gasteiger partial charge in [0.15, 0.2) is 5.69 Å². The van der Waals surface area contributed by atoms with Crippen molar-refractivity contribution in [1.29, 1.82) is 0 Å². The standard InChI is InChI=1S/C14H20N6O.2ClH/c1-2-6-15-8-9-17-14(21)13-11-20(19-18-13)10-12-5-3-4-7-16-12;;/h3-5,7,11,15H,2,6,8-10H2,1H3,(H,17,21);2*1H. The molecule has 0 spiro atoms. The molecule has 0 radical (unpaired) electrons. The van der Waals surface area contributed by atoms with Crippen LogP contribution in [0, 0.1) is 0 Å². The second-order valence-electron chi connectivity index (χ2n) is 4.63. The van der Waals surface area contributed by atoms with Crippen LogP contribution in [0.3, 0.4) is 0 Å². The minimum Gasteiger partial charge on any atom is -0.349 e. The van der Waals surface area contributed by atoms with Gasteiger partial charge < -0.3 is 10.6 Å². The molecule has 7 nitrogen and oxygen atoms in total. The summed E-state index contributed by atoms with van der Waals surface area (Å²) in [6, 6.07) is 5.67. The number of carbonyl (C=O) groups is 1. The summed E-state index contributed by atoms with van der Waals surface area (Å²) in [5.74, 6) is -0.208. The van der Waals surface area contributed by atoms with Crippen molar-refractivity contribution >= 4 is 30.7 Å². The van der Waals surface area contributed by atoms with Crippen molar-refractivity contribution in [1.82, 2.24) is 30.6 Å². The van der Waals surface area contributed by atoms with Gasteiger partial charge >= 0.3 is 0 Å². The molecule has 0 unspecified atom stereocenters. The molecule has 0 aromatic carbocycles. The van der Waals surface area contributed by atoms with E-state index in [1.54, 1.807) is 17.1 Å². The normalized spacial score (nSPS) is 9.61. The highest BCUT2D eigenvalue weighted by molar-refractivity contribution is 5.91. The first-order chi connectivity index (χ1) is 10.3. The third-order valence-corrected chi connectivity index (χ3v) is 2.84. The number of halogens is 2. The molecule has 0 saturated carbocycles. The van der Waals surface area contributed by atoms with Crippen LogP contribution in [0.1, 0.15) is 29.5 Å². The highest BCUT2D eigenvalue weighted by Gasteiger charge is 2.10. The van der Waals surface area contributed by atoms with Crippen molar-refractivity contribution in [3.63, 3.8) is 0 Å². The van der Waals surface area contributed by atoms with Gasteiger partial charge in [0.1, 0.15) is 0 Å². The molecular formula is C14H22Cl2N6O. The SMILES string of the molecule is CCCNCCNC(=O)c1cn(Cc2ccccn2)nn1.Cl.Cl. The monoisotopic (exact) mass is 360 g/mol. The molecule has 2 rings (SSSR count). The highest BCUT2D eigenvalue weighted by atomic mass is 35.5. The Morgan fingerprint density at radius 1 is 1.22 bits per heavy atom. The predicted molar refractivity (Wildman–Crippen MR) is 93.4 cm³/mol. The minimum absolute atomic E-state index is 0. The van der Waals surface area contributed by atoms with Crippen LogP contribution in [-0.4, -0.2) is 45.5 Å². The quantitative estimate of drug-likeness (QED) is 0.693. The van der Waals surface area contributed by atoms with Gasteiger partial charge in [-0.3, -0.25) is 9.78 Å². The van der Waals surface area contributed by atoms with Crippen LogP contribution < -0.4 is 10.6 Å². The van der Waals surface area contributed by atoms with Crippen LogP contribution in [0.2, 0.25) is 0 Å². The predicted octanol–water partition coefficient (Wildman–Crippen LogP) is 1.29. The van der Waals surface area contributed by atoms with Crippen LogP contribution in [0.4, 0.5) is 0 Å². The van der Waals surface area contributed by atoms with E-state index in [9.17, 15) is 4.79 Å². The lowest BCUT2D eigenvalue weighted by molar-refractivity contribution is 0.0949. The topological polar surface area (TPSA) is 84.7 Å². The van der Waals surface area contributed by atoms with Gasteiger partial charge in [-0.05, 0) is 25.1 Å². The molecule has 0 aliphatic heterocycles. The Kier molecular flexibility index (Phi) is 10.9. The van der Waals surface area contributed by atoms with Crippen molar-refractivity contribution in [2.24, 2.45) is 0 Å². The molecule has 0 atom stereocenters. The summed E-state index contributed by atoms with van der Waals surface area (Å²) in [7, 11) is 0. The van der Waals surface area contributed by atoms with E-state index in [4.69, 9.17) is 0 Å². The summed E-state index contributed by atoms with van der Waals surface area (Å²) in [6.07, 6.45) is 4.43. The van der Waals surface area contributed by atoms with Gasteiger partial charge in [-0.2, -0.15) is 0 Å². The fraction of sp³-hybridized carbons (Fsp3) is 0.429. The number of hydrogen-bond donors (Lipinski definition) is 2. The summed E-state index contributed by atoms with van der Waals surface area (Å²) < 4.78 is 1.60. The van der Waals surface area contributed by atoms with Gasteiger partial charge in [-0.1, -0.05) is 18.2 Å². The Hall–Kier alpha value is -1.70. The summed E-state index contributed by atoms with van der Waals surface area (Å²) in [5.41, 5.74) is 1.19. The second-order valence-corrected chi connectivity index (χ2v) is 4.63. The molecule has 2 heterocycles. The molecule has 2 aromatic heterocycles. The molecule has 2 aromatic rings. The number of pyridine rings is 1. The number of hydrogen-bond acceptors (Lipinski definition) is 5. The van der Waals surface area contributed by atoms with Crippen molar-refractivity contribution in [3.8, 4) is 0 Å². The zero-order valence-electron chi connectivity index (χ0n) is 12.9. The average molecular weight is 361 g/mol. The van der Waals surface area contributed by atoms with Gasteiger partial charge in [0, 0.05) is 19.3 Å². The Bertz CT molecular complexity index is 563. The maximum absolute atomic E-state index is 11.9. The highest BCUT2D eigenvalue weighted by Crippen LogP contribution is 1.99. The van der Waals surface area contributed by atoms with Gasteiger partial charge in [0.2, 0.25) is 0 Å². The third-order valence-electron chi connectivity index (χ3n) is 2.84.